The maximum atomic E-state index is 13.7. The molecule has 0 amide bonds. The SMILES string of the molecule is CN1CCN(C)C(C(O)c2ccc(F)c(F)c2F)C1. The van der Waals surface area contributed by atoms with Crippen molar-refractivity contribution in [3.8, 4) is 0 Å². The summed E-state index contributed by atoms with van der Waals surface area (Å²) in [5, 5.41) is 10.2. The molecule has 6 heteroatoms. The van der Waals surface area contributed by atoms with Crippen molar-refractivity contribution in [2.45, 2.75) is 12.1 Å². The van der Waals surface area contributed by atoms with E-state index in [1.807, 2.05) is 23.9 Å². The van der Waals surface area contributed by atoms with Crippen LogP contribution in [0.4, 0.5) is 13.2 Å². The fourth-order valence-electron chi connectivity index (χ4n) is 2.36. The fourth-order valence-corrected chi connectivity index (χ4v) is 2.36. The first kappa shape index (κ1) is 14.3. The van der Waals surface area contributed by atoms with Gasteiger partial charge in [0, 0.05) is 25.2 Å². The molecule has 2 unspecified atom stereocenters. The van der Waals surface area contributed by atoms with Gasteiger partial charge in [0.1, 0.15) is 0 Å². The maximum Gasteiger partial charge on any atom is 0.194 e. The van der Waals surface area contributed by atoms with Crippen LogP contribution < -0.4 is 0 Å². The molecule has 19 heavy (non-hydrogen) atoms. The Kier molecular flexibility index (Phi) is 4.13. The van der Waals surface area contributed by atoms with E-state index >= 15 is 0 Å². The summed E-state index contributed by atoms with van der Waals surface area (Å²) >= 11 is 0. The van der Waals surface area contributed by atoms with Crippen molar-refractivity contribution in [1.29, 1.82) is 0 Å². The van der Waals surface area contributed by atoms with Gasteiger partial charge in [-0.3, -0.25) is 4.90 Å². The number of rotatable bonds is 2. The van der Waals surface area contributed by atoms with E-state index in [4.69, 9.17) is 0 Å². The molecule has 1 aliphatic heterocycles. The van der Waals surface area contributed by atoms with Crippen molar-refractivity contribution in [2.24, 2.45) is 0 Å². The van der Waals surface area contributed by atoms with Crippen LogP contribution in [0, 0.1) is 17.5 Å². The van der Waals surface area contributed by atoms with Crippen LogP contribution in [0.2, 0.25) is 0 Å². The van der Waals surface area contributed by atoms with Crippen LogP contribution in [0.3, 0.4) is 0 Å². The molecule has 1 aromatic rings. The van der Waals surface area contributed by atoms with Crippen molar-refractivity contribution in [3.05, 3.63) is 35.1 Å². The van der Waals surface area contributed by atoms with Crippen molar-refractivity contribution >= 4 is 0 Å². The largest absolute Gasteiger partial charge is 0.387 e. The Morgan fingerprint density at radius 2 is 1.84 bits per heavy atom. The minimum absolute atomic E-state index is 0.203. The summed E-state index contributed by atoms with van der Waals surface area (Å²) in [4.78, 5) is 3.90. The Morgan fingerprint density at radius 3 is 2.53 bits per heavy atom. The van der Waals surface area contributed by atoms with E-state index in [1.54, 1.807) is 0 Å². The monoisotopic (exact) mass is 274 g/mol. The second-order valence-electron chi connectivity index (χ2n) is 5.02. The highest BCUT2D eigenvalue weighted by Gasteiger charge is 2.32. The van der Waals surface area contributed by atoms with Crippen molar-refractivity contribution in [1.82, 2.24) is 9.80 Å². The van der Waals surface area contributed by atoms with Gasteiger partial charge in [-0.15, -0.1) is 0 Å². The van der Waals surface area contributed by atoms with E-state index < -0.39 is 23.6 Å². The zero-order valence-electron chi connectivity index (χ0n) is 10.9. The van der Waals surface area contributed by atoms with Crippen LogP contribution in [0.5, 0.6) is 0 Å². The van der Waals surface area contributed by atoms with E-state index in [2.05, 4.69) is 0 Å². The van der Waals surface area contributed by atoms with Crippen LogP contribution in [0.25, 0.3) is 0 Å². The summed E-state index contributed by atoms with van der Waals surface area (Å²) in [5.41, 5.74) is -0.203. The van der Waals surface area contributed by atoms with Gasteiger partial charge in [0.15, 0.2) is 17.5 Å². The van der Waals surface area contributed by atoms with Gasteiger partial charge in [-0.05, 0) is 20.2 Å². The Hall–Kier alpha value is -1.11. The summed E-state index contributed by atoms with van der Waals surface area (Å²) in [6.07, 6.45) is -1.19. The number of piperazine rings is 1. The van der Waals surface area contributed by atoms with Crippen LogP contribution in [-0.2, 0) is 0 Å². The number of hydrogen-bond acceptors (Lipinski definition) is 3. The lowest BCUT2D eigenvalue weighted by Crippen LogP contribution is -2.52. The first-order valence-electron chi connectivity index (χ1n) is 6.12. The topological polar surface area (TPSA) is 26.7 Å². The summed E-state index contributed by atoms with van der Waals surface area (Å²) in [6, 6.07) is 1.59. The number of halogens is 3. The molecular formula is C13H17F3N2O. The first-order valence-corrected chi connectivity index (χ1v) is 6.12. The molecule has 1 aromatic carbocycles. The predicted molar refractivity (Wildman–Crippen MR) is 65.2 cm³/mol. The molecule has 1 aliphatic rings. The minimum atomic E-state index is -1.54. The molecule has 0 aromatic heterocycles. The van der Waals surface area contributed by atoms with E-state index in [0.717, 1.165) is 25.2 Å². The molecule has 0 aliphatic carbocycles. The highest BCUT2D eigenvalue weighted by Crippen LogP contribution is 2.27. The van der Waals surface area contributed by atoms with Crippen LogP contribution in [0.1, 0.15) is 11.7 Å². The van der Waals surface area contributed by atoms with Crippen LogP contribution in [-0.4, -0.2) is 54.7 Å². The van der Waals surface area contributed by atoms with E-state index in [1.165, 1.54) is 0 Å². The van der Waals surface area contributed by atoms with E-state index in [-0.39, 0.29) is 11.6 Å². The second-order valence-corrected chi connectivity index (χ2v) is 5.02. The highest BCUT2D eigenvalue weighted by atomic mass is 19.2. The summed E-state index contributed by atoms with van der Waals surface area (Å²) in [6.45, 7) is 2.11. The molecule has 0 saturated carbocycles. The smallest absolute Gasteiger partial charge is 0.194 e. The van der Waals surface area contributed by atoms with Crippen LogP contribution >= 0.6 is 0 Å². The van der Waals surface area contributed by atoms with Crippen LogP contribution in [0.15, 0.2) is 12.1 Å². The molecule has 2 rings (SSSR count). The van der Waals surface area contributed by atoms with Gasteiger partial charge in [-0.1, -0.05) is 6.07 Å². The molecular weight excluding hydrogens is 257 g/mol. The Bertz CT molecular complexity index is 469. The number of likely N-dealkylation sites (N-methyl/N-ethyl adjacent to an activating group) is 2. The van der Waals surface area contributed by atoms with Gasteiger partial charge in [0.25, 0.3) is 0 Å². The standard InChI is InChI=1S/C13H17F3N2O/c1-17-5-6-18(2)10(7-17)13(19)8-3-4-9(14)12(16)11(8)15/h3-4,10,13,19H,5-7H2,1-2H3. The van der Waals surface area contributed by atoms with Crippen molar-refractivity contribution in [3.63, 3.8) is 0 Å². The lowest BCUT2D eigenvalue weighted by atomic mass is 9.98. The fraction of sp³-hybridized carbons (Fsp3) is 0.538. The van der Waals surface area contributed by atoms with Gasteiger partial charge in [0.2, 0.25) is 0 Å². The summed E-state index contributed by atoms with van der Waals surface area (Å²) < 4.78 is 39.8. The highest BCUT2D eigenvalue weighted by molar-refractivity contribution is 5.24. The molecule has 1 heterocycles. The van der Waals surface area contributed by atoms with Crippen molar-refractivity contribution < 1.29 is 18.3 Å². The molecule has 0 bridgehead atoms. The number of aliphatic hydroxyl groups is 1. The molecule has 0 radical (unpaired) electrons. The Morgan fingerprint density at radius 1 is 1.16 bits per heavy atom. The third kappa shape index (κ3) is 2.75. The Labute approximate surface area is 110 Å². The van der Waals surface area contributed by atoms with Crippen molar-refractivity contribution in [2.75, 3.05) is 33.7 Å². The average molecular weight is 274 g/mol. The average Bonchev–Trinajstić information content (AvgIpc) is 2.38. The molecule has 1 fully saturated rings. The second kappa shape index (κ2) is 5.48. The van der Waals surface area contributed by atoms with Gasteiger partial charge >= 0.3 is 0 Å². The van der Waals surface area contributed by atoms with Gasteiger partial charge < -0.3 is 10.0 Å². The van der Waals surface area contributed by atoms with E-state index in [9.17, 15) is 18.3 Å². The zero-order chi connectivity index (χ0) is 14.2. The normalized spacial score (nSPS) is 23.6. The molecule has 0 spiro atoms. The van der Waals surface area contributed by atoms with Gasteiger partial charge in [-0.25, -0.2) is 13.2 Å². The number of aliphatic hydroxyl groups excluding tert-OH is 1. The number of benzene rings is 1. The lowest BCUT2D eigenvalue weighted by molar-refractivity contribution is 0.0118. The maximum absolute atomic E-state index is 13.7. The summed E-state index contributed by atoms with van der Waals surface area (Å²) in [7, 11) is 3.72. The Balaban J connectivity index is 2.28. The van der Waals surface area contributed by atoms with Gasteiger partial charge in [0.05, 0.1) is 12.1 Å². The predicted octanol–water partition coefficient (Wildman–Crippen LogP) is 1.38. The van der Waals surface area contributed by atoms with Gasteiger partial charge in [-0.2, -0.15) is 0 Å². The lowest BCUT2D eigenvalue weighted by Gasteiger charge is -2.40. The minimum Gasteiger partial charge on any atom is -0.387 e. The number of hydrogen-bond donors (Lipinski definition) is 1. The first-order chi connectivity index (χ1) is 8.91. The third-order valence-electron chi connectivity index (χ3n) is 3.65. The number of nitrogens with zero attached hydrogens (tertiary/aromatic N) is 2. The summed E-state index contributed by atoms with van der Waals surface area (Å²) in [5.74, 6) is -4.10. The molecule has 2 atom stereocenters. The van der Waals surface area contributed by atoms with E-state index in [0.29, 0.717) is 6.54 Å². The zero-order valence-corrected chi connectivity index (χ0v) is 10.9. The molecule has 3 nitrogen and oxygen atoms in total. The third-order valence-corrected chi connectivity index (χ3v) is 3.65. The quantitative estimate of drug-likeness (QED) is 0.826. The molecule has 106 valence electrons. The molecule has 1 saturated heterocycles. The molecule has 1 N–H and O–H groups in total.